The van der Waals surface area contributed by atoms with Crippen molar-refractivity contribution >= 4 is 5.97 Å². The third kappa shape index (κ3) is 3.35. The van der Waals surface area contributed by atoms with E-state index in [2.05, 4.69) is 19.0 Å². The van der Waals surface area contributed by atoms with E-state index in [0.717, 1.165) is 25.7 Å². The average molecular weight is 185 g/mol. The first-order valence-electron chi connectivity index (χ1n) is 4.98. The summed E-state index contributed by atoms with van der Waals surface area (Å²) in [7, 11) is 4.20. The topological polar surface area (TPSA) is 40.5 Å². The molecule has 1 aliphatic rings. The van der Waals surface area contributed by atoms with Crippen LogP contribution >= 0.6 is 0 Å². The van der Waals surface area contributed by atoms with Crippen LogP contribution in [-0.4, -0.2) is 36.1 Å². The minimum Gasteiger partial charge on any atom is -0.481 e. The lowest BCUT2D eigenvalue weighted by molar-refractivity contribution is -0.138. The number of hydrogen-bond donors (Lipinski definition) is 1. The molecule has 0 radical (unpaired) electrons. The van der Waals surface area contributed by atoms with Gasteiger partial charge in [0.25, 0.3) is 0 Å². The number of nitrogens with zero attached hydrogens (tertiary/aromatic N) is 1. The molecule has 0 aromatic carbocycles. The summed E-state index contributed by atoms with van der Waals surface area (Å²) < 4.78 is 0. The number of carboxylic acid groups (broad SMARTS) is 1. The lowest BCUT2D eigenvalue weighted by Gasteiger charge is -2.31. The van der Waals surface area contributed by atoms with Crippen LogP contribution in [-0.2, 0) is 4.79 Å². The minimum absolute atomic E-state index is 0.361. The normalized spacial score (nSPS) is 29.2. The van der Waals surface area contributed by atoms with Crippen LogP contribution in [0.1, 0.15) is 32.1 Å². The molecule has 0 spiro atoms. The Balaban J connectivity index is 2.26. The van der Waals surface area contributed by atoms with Crippen molar-refractivity contribution in [3.8, 4) is 0 Å². The Bertz CT molecular complexity index is 172. The van der Waals surface area contributed by atoms with Crippen LogP contribution in [0.5, 0.6) is 0 Å². The van der Waals surface area contributed by atoms with E-state index in [1.165, 1.54) is 0 Å². The highest BCUT2D eigenvalue weighted by Gasteiger charge is 2.23. The molecule has 1 N–H and O–H groups in total. The molecule has 0 aromatic rings. The van der Waals surface area contributed by atoms with Crippen LogP contribution in [0.2, 0.25) is 0 Å². The molecule has 3 heteroatoms. The van der Waals surface area contributed by atoms with E-state index in [1.54, 1.807) is 0 Å². The monoisotopic (exact) mass is 185 g/mol. The van der Waals surface area contributed by atoms with Crippen LogP contribution in [0.3, 0.4) is 0 Å². The summed E-state index contributed by atoms with van der Waals surface area (Å²) in [5, 5.41) is 8.63. The second kappa shape index (κ2) is 4.61. The maximum atomic E-state index is 10.5. The van der Waals surface area contributed by atoms with Gasteiger partial charge >= 0.3 is 5.97 Å². The van der Waals surface area contributed by atoms with E-state index >= 15 is 0 Å². The molecule has 0 aromatic heterocycles. The quantitative estimate of drug-likeness (QED) is 0.725. The summed E-state index contributed by atoms with van der Waals surface area (Å²) in [5.74, 6) is -0.220. The van der Waals surface area contributed by atoms with Crippen LogP contribution in [0, 0.1) is 5.92 Å². The first-order valence-corrected chi connectivity index (χ1v) is 4.98. The Labute approximate surface area is 79.7 Å². The van der Waals surface area contributed by atoms with Crippen molar-refractivity contribution in [3.63, 3.8) is 0 Å². The maximum Gasteiger partial charge on any atom is 0.303 e. The third-order valence-electron chi connectivity index (χ3n) is 3.01. The van der Waals surface area contributed by atoms with Gasteiger partial charge in [0.05, 0.1) is 0 Å². The van der Waals surface area contributed by atoms with Crippen molar-refractivity contribution in [2.45, 2.75) is 38.1 Å². The molecule has 0 bridgehead atoms. The molecule has 13 heavy (non-hydrogen) atoms. The van der Waals surface area contributed by atoms with Gasteiger partial charge in [-0.05, 0) is 45.7 Å². The zero-order chi connectivity index (χ0) is 9.84. The summed E-state index contributed by atoms with van der Waals surface area (Å²) >= 11 is 0. The zero-order valence-electron chi connectivity index (χ0n) is 8.49. The summed E-state index contributed by atoms with van der Waals surface area (Å²) in [6, 6.07) is 0.671. The zero-order valence-corrected chi connectivity index (χ0v) is 8.49. The highest BCUT2D eigenvalue weighted by molar-refractivity contribution is 5.67. The van der Waals surface area contributed by atoms with Gasteiger partial charge in [-0.1, -0.05) is 0 Å². The number of hydrogen-bond acceptors (Lipinski definition) is 2. The number of carbonyl (C=O) groups is 1. The first-order chi connectivity index (χ1) is 6.09. The molecule has 1 saturated carbocycles. The van der Waals surface area contributed by atoms with Crippen LogP contribution in [0.15, 0.2) is 0 Å². The third-order valence-corrected chi connectivity index (χ3v) is 3.01. The smallest absolute Gasteiger partial charge is 0.303 e. The van der Waals surface area contributed by atoms with Crippen molar-refractivity contribution in [3.05, 3.63) is 0 Å². The lowest BCUT2D eigenvalue weighted by atomic mass is 9.84. The molecular formula is C10H19NO2. The highest BCUT2D eigenvalue weighted by Crippen LogP contribution is 2.28. The maximum absolute atomic E-state index is 10.5. The number of aliphatic carboxylic acids is 1. The van der Waals surface area contributed by atoms with Gasteiger partial charge in [0.1, 0.15) is 0 Å². The molecule has 0 heterocycles. The second-order valence-corrected chi connectivity index (χ2v) is 4.24. The van der Waals surface area contributed by atoms with Gasteiger partial charge in [-0.2, -0.15) is 0 Å². The van der Waals surface area contributed by atoms with E-state index in [1.807, 2.05) is 0 Å². The Morgan fingerprint density at radius 3 is 2.23 bits per heavy atom. The predicted molar refractivity (Wildman–Crippen MR) is 51.7 cm³/mol. The number of rotatable bonds is 3. The van der Waals surface area contributed by atoms with Gasteiger partial charge in [-0.15, -0.1) is 0 Å². The van der Waals surface area contributed by atoms with Gasteiger partial charge in [0, 0.05) is 12.5 Å². The van der Waals surface area contributed by atoms with Crippen LogP contribution in [0.25, 0.3) is 0 Å². The Kier molecular flexibility index (Phi) is 3.72. The van der Waals surface area contributed by atoms with Crippen LogP contribution in [0.4, 0.5) is 0 Å². The first kappa shape index (κ1) is 10.5. The number of carboxylic acids is 1. The van der Waals surface area contributed by atoms with Gasteiger partial charge in [-0.25, -0.2) is 0 Å². The molecule has 0 unspecified atom stereocenters. The summed E-state index contributed by atoms with van der Waals surface area (Å²) in [6.07, 6.45) is 4.83. The Hall–Kier alpha value is -0.570. The van der Waals surface area contributed by atoms with Gasteiger partial charge in [0.2, 0.25) is 0 Å². The molecule has 0 amide bonds. The van der Waals surface area contributed by atoms with Crippen molar-refractivity contribution in [2.75, 3.05) is 14.1 Å². The molecule has 1 fully saturated rings. The van der Waals surface area contributed by atoms with Crippen molar-refractivity contribution in [1.29, 1.82) is 0 Å². The van der Waals surface area contributed by atoms with E-state index in [4.69, 9.17) is 5.11 Å². The molecule has 0 saturated heterocycles. The average Bonchev–Trinajstić information content (AvgIpc) is 2.04. The largest absolute Gasteiger partial charge is 0.481 e. The molecule has 76 valence electrons. The second-order valence-electron chi connectivity index (χ2n) is 4.24. The molecule has 1 aliphatic carbocycles. The molecule has 0 aliphatic heterocycles. The van der Waals surface area contributed by atoms with Gasteiger partial charge in [0.15, 0.2) is 0 Å². The fraction of sp³-hybridized carbons (Fsp3) is 0.900. The van der Waals surface area contributed by atoms with Crippen molar-refractivity contribution in [2.24, 2.45) is 5.92 Å². The van der Waals surface area contributed by atoms with E-state index in [9.17, 15) is 4.79 Å². The Morgan fingerprint density at radius 1 is 1.31 bits per heavy atom. The van der Waals surface area contributed by atoms with Gasteiger partial charge < -0.3 is 10.0 Å². The van der Waals surface area contributed by atoms with Crippen LogP contribution < -0.4 is 0 Å². The van der Waals surface area contributed by atoms with Crippen molar-refractivity contribution in [1.82, 2.24) is 4.90 Å². The minimum atomic E-state index is -0.645. The highest BCUT2D eigenvalue weighted by atomic mass is 16.4. The predicted octanol–water partition coefficient (Wildman–Crippen LogP) is 1.58. The SMILES string of the molecule is CN(C)[C@H]1CC[C@H](CC(=O)O)CC1. The van der Waals surface area contributed by atoms with E-state index in [-0.39, 0.29) is 0 Å². The summed E-state index contributed by atoms with van der Waals surface area (Å²) in [5.41, 5.74) is 0. The van der Waals surface area contributed by atoms with E-state index in [0.29, 0.717) is 18.4 Å². The fourth-order valence-corrected chi connectivity index (χ4v) is 2.11. The summed E-state index contributed by atoms with van der Waals surface area (Å²) in [6.45, 7) is 0. The fourth-order valence-electron chi connectivity index (χ4n) is 2.11. The standard InChI is InChI=1S/C10H19NO2/c1-11(2)9-5-3-8(4-6-9)7-10(12)13/h8-9H,3-7H2,1-2H3,(H,12,13)/t8-,9-. The summed E-state index contributed by atoms with van der Waals surface area (Å²) in [4.78, 5) is 12.7. The molecule has 1 rings (SSSR count). The molecule has 3 nitrogen and oxygen atoms in total. The lowest BCUT2D eigenvalue weighted by Crippen LogP contribution is -2.32. The molecule has 0 atom stereocenters. The van der Waals surface area contributed by atoms with Gasteiger partial charge in [-0.3, -0.25) is 4.79 Å². The Morgan fingerprint density at radius 2 is 1.85 bits per heavy atom. The van der Waals surface area contributed by atoms with E-state index < -0.39 is 5.97 Å². The van der Waals surface area contributed by atoms with Crippen molar-refractivity contribution < 1.29 is 9.90 Å². The molecular weight excluding hydrogens is 166 g/mol.